The lowest BCUT2D eigenvalue weighted by atomic mass is 10.2. The van der Waals surface area contributed by atoms with Crippen LogP contribution in [0.15, 0.2) is 57.2 Å². The van der Waals surface area contributed by atoms with E-state index in [1.807, 2.05) is 25.1 Å². The molecule has 0 saturated heterocycles. The van der Waals surface area contributed by atoms with Gasteiger partial charge in [0.2, 0.25) is 5.88 Å². The van der Waals surface area contributed by atoms with Crippen LogP contribution in [0.5, 0.6) is 17.4 Å². The Labute approximate surface area is 164 Å². The van der Waals surface area contributed by atoms with E-state index in [1.165, 1.54) is 0 Å². The van der Waals surface area contributed by atoms with E-state index in [-0.39, 0.29) is 18.2 Å². The number of carbonyl (C=O) groups is 1. The Hall–Kier alpha value is -2.87. The van der Waals surface area contributed by atoms with Gasteiger partial charge in [0.15, 0.2) is 12.3 Å². The molecule has 7 nitrogen and oxygen atoms in total. The van der Waals surface area contributed by atoms with Crippen molar-refractivity contribution in [2.75, 3.05) is 13.7 Å². The lowest BCUT2D eigenvalue weighted by Crippen LogP contribution is -2.07. The Kier molecular flexibility index (Phi) is 5.75. The van der Waals surface area contributed by atoms with Crippen LogP contribution in [0.2, 0.25) is 0 Å². The largest absolute Gasteiger partial charge is 0.497 e. The molecule has 3 aromatic rings. The van der Waals surface area contributed by atoms with Crippen LogP contribution in [0.25, 0.3) is 10.9 Å². The van der Waals surface area contributed by atoms with E-state index in [9.17, 15) is 9.90 Å². The number of amides is 1. The number of ether oxygens (including phenoxy) is 2. The second kappa shape index (κ2) is 8.22. The summed E-state index contributed by atoms with van der Waals surface area (Å²) in [5, 5.41) is 18.8. The summed E-state index contributed by atoms with van der Waals surface area (Å²) in [5.74, 6) is 0.631. The van der Waals surface area contributed by atoms with Gasteiger partial charge in [0.1, 0.15) is 11.5 Å². The minimum absolute atomic E-state index is 0.0294. The van der Waals surface area contributed by atoms with E-state index in [4.69, 9.17) is 9.47 Å². The number of benzene rings is 2. The van der Waals surface area contributed by atoms with Crippen LogP contribution in [0, 0.1) is 0 Å². The minimum atomic E-state index is -0.558. The number of hydrogen-bond acceptors (Lipinski definition) is 5. The van der Waals surface area contributed by atoms with E-state index < -0.39 is 5.91 Å². The maximum atomic E-state index is 12.0. The number of aryl methyl sites for hydroxylation is 1. The number of azo groups is 1. The average Bonchev–Trinajstić information content (AvgIpc) is 2.95. The molecule has 0 radical (unpaired) electrons. The fraction of sp³-hybridized carbons (Fsp3) is 0.211. The predicted molar refractivity (Wildman–Crippen MR) is 105 cm³/mol. The third-order valence-corrected chi connectivity index (χ3v) is 4.46. The number of aromatic hydroxyl groups is 1. The quantitative estimate of drug-likeness (QED) is 0.566. The van der Waals surface area contributed by atoms with Crippen molar-refractivity contribution in [1.82, 2.24) is 4.57 Å². The van der Waals surface area contributed by atoms with Crippen LogP contribution in [-0.2, 0) is 11.3 Å². The zero-order chi connectivity index (χ0) is 19.4. The van der Waals surface area contributed by atoms with Crippen molar-refractivity contribution in [2.24, 2.45) is 10.2 Å². The molecular weight excluding hydrogens is 414 g/mol. The summed E-state index contributed by atoms with van der Waals surface area (Å²) in [6, 6.07) is 12.4. The van der Waals surface area contributed by atoms with Crippen molar-refractivity contribution in [3.63, 3.8) is 0 Å². The maximum Gasteiger partial charge on any atom is 0.302 e. The predicted octanol–water partition coefficient (Wildman–Crippen LogP) is 4.83. The lowest BCUT2D eigenvalue weighted by Gasteiger charge is -2.04. The first-order valence-corrected chi connectivity index (χ1v) is 9.05. The van der Waals surface area contributed by atoms with Crippen LogP contribution in [-0.4, -0.2) is 29.3 Å². The molecule has 1 amide bonds. The number of methoxy groups -OCH3 is 1. The number of halogens is 1. The van der Waals surface area contributed by atoms with E-state index in [1.54, 1.807) is 35.9 Å². The van der Waals surface area contributed by atoms with Gasteiger partial charge in [-0.15, -0.1) is 10.2 Å². The summed E-state index contributed by atoms with van der Waals surface area (Å²) in [6.07, 6.45) is 0. The summed E-state index contributed by atoms with van der Waals surface area (Å²) in [6.45, 7) is 2.22. The van der Waals surface area contributed by atoms with Crippen molar-refractivity contribution in [3.05, 3.63) is 46.9 Å². The molecule has 3 rings (SSSR count). The van der Waals surface area contributed by atoms with E-state index in [0.29, 0.717) is 23.4 Å². The van der Waals surface area contributed by atoms with Crippen molar-refractivity contribution in [3.8, 4) is 17.4 Å². The van der Waals surface area contributed by atoms with Crippen LogP contribution in [0.1, 0.15) is 6.92 Å². The minimum Gasteiger partial charge on any atom is -0.497 e. The number of carbonyl (C=O) groups excluding carboxylic acids is 1. The Morgan fingerprint density at radius 1 is 1.19 bits per heavy atom. The molecule has 140 valence electrons. The summed E-state index contributed by atoms with van der Waals surface area (Å²) < 4.78 is 13.0. The monoisotopic (exact) mass is 431 g/mol. The molecule has 2 aromatic carbocycles. The van der Waals surface area contributed by atoms with Crippen LogP contribution in [0.3, 0.4) is 0 Å². The summed E-state index contributed by atoms with van der Waals surface area (Å²) >= 11 is 3.40. The number of hydrogen-bond donors (Lipinski definition) is 1. The zero-order valence-electron chi connectivity index (χ0n) is 14.8. The van der Waals surface area contributed by atoms with Gasteiger partial charge in [-0.3, -0.25) is 4.79 Å². The Morgan fingerprint density at radius 2 is 1.89 bits per heavy atom. The first-order valence-electron chi connectivity index (χ1n) is 8.25. The second-order valence-corrected chi connectivity index (χ2v) is 6.55. The molecule has 0 aliphatic heterocycles. The first-order chi connectivity index (χ1) is 13.0. The van der Waals surface area contributed by atoms with Gasteiger partial charge in [-0.1, -0.05) is 15.9 Å². The third kappa shape index (κ3) is 4.11. The fourth-order valence-electron chi connectivity index (χ4n) is 2.67. The van der Waals surface area contributed by atoms with Crippen LogP contribution in [0.4, 0.5) is 5.69 Å². The molecule has 0 saturated carbocycles. The summed E-state index contributed by atoms with van der Waals surface area (Å²) in [4.78, 5) is 12.0. The van der Waals surface area contributed by atoms with Crippen molar-refractivity contribution < 1.29 is 19.4 Å². The number of nitrogens with zero attached hydrogens (tertiary/aromatic N) is 3. The highest BCUT2D eigenvalue weighted by Gasteiger charge is 2.16. The SMILES string of the molecule is CCn1c(O)c(N=NC(=O)COc2ccc(OC)cc2)c2cc(Br)ccc21. The normalized spacial score (nSPS) is 11.2. The van der Waals surface area contributed by atoms with Gasteiger partial charge in [0, 0.05) is 16.4 Å². The second-order valence-electron chi connectivity index (χ2n) is 5.64. The number of aromatic nitrogens is 1. The fourth-order valence-corrected chi connectivity index (χ4v) is 3.03. The van der Waals surface area contributed by atoms with E-state index in [2.05, 4.69) is 26.2 Å². The van der Waals surface area contributed by atoms with Crippen LogP contribution < -0.4 is 9.47 Å². The Balaban J connectivity index is 1.75. The first kappa shape index (κ1) is 18.9. The highest BCUT2D eigenvalue weighted by atomic mass is 79.9. The number of fused-ring (bicyclic) bond motifs is 1. The molecular formula is C19H18BrN3O4. The summed E-state index contributed by atoms with van der Waals surface area (Å²) in [7, 11) is 1.57. The van der Waals surface area contributed by atoms with Crippen molar-refractivity contribution in [1.29, 1.82) is 0 Å². The highest BCUT2D eigenvalue weighted by Crippen LogP contribution is 2.39. The molecule has 1 aromatic heterocycles. The molecule has 0 aliphatic carbocycles. The smallest absolute Gasteiger partial charge is 0.302 e. The van der Waals surface area contributed by atoms with E-state index in [0.717, 1.165) is 9.99 Å². The molecule has 1 N–H and O–H groups in total. The molecule has 0 spiro atoms. The van der Waals surface area contributed by atoms with Gasteiger partial charge in [-0.2, -0.15) is 0 Å². The van der Waals surface area contributed by atoms with Gasteiger partial charge in [0.05, 0.1) is 12.6 Å². The number of rotatable bonds is 6. The van der Waals surface area contributed by atoms with Crippen LogP contribution >= 0.6 is 15.9 Å². The standard InChI is InChI=1S/C19H18BrN3O4/c1-3-23-16-9-4-12(20)10-15(16)18(19(23)25)22-21-17(24)11-27-14-7-5-13(26-2)6-8-14/h4-10,25H,3,11H2,1-2H3. The van der Waals surface area contributed by atoms with Crippen molar-refractivity contribution >= 4 is 38.4 Å². The third-order valence-electron chi connectivity index (χ3n) is 3.97. The van der Waals surface area contributed by atoms with E-state index >= 15 is 0 Å². The van der Waals surface area contributed by atoms with Crippen molar-refractivity contribution in [2.45, 2.75) is 13.5 Å². The Morgan fingerprint density at radius 3 is 2.56 bits per heavy atom. The average molecular weight is 432 g/mol. The van der Waals surface area contributed by atoms with Gasteiger partial charge in [0.25, 0.3) is 0 Å². The lowest BCUT2D eigenvalue weighted by molar-refractivity contribution is -0.120. The zero-order valence-corrected chi connectivity index (χ0v) is 16.4. The molecule has 8 heteroatoms. The van der Waals surface area contributed by atoms with Gasteiger partial charge in [-0.05, 0) is 49.4 Å². The molecule has 1 heterocycles. The topological polar surface area (TPSA) is 85.4 Å². The van der Waals surface area contributed by atoms with Gasteiger partial charge < -0.3 is 19.1 Å². The highest BCUT2D eigenvalue weighted by molar-refractivity contribution is 9.10. The molecule has 0 atom stereocenters. The molecule has 0 bridgehead atoms. The molecule has 0 fully saturated rings. The Bertz CT molecular complexity index is 996. The summed E-state index contributed by atoms with van der Waals surface area (Å²) in [5.41, 5.74) is 1.07. The molecule has 0 unspecified atom stereocenters. The molecule has 27 heavy (non-hydrogen) atoms. The van der Waals surface area contributed by atoms with Gasteiger partial charge >= 0.3 is 5.91 Å². The maximum absolute atomic E-state index is 12.0. The molecule has 0 aliphatic rings. The van der Waals surface area contributed by atoms with Gasteiger partial charge in [-0.25, -0.2) is 0 Å².